The molecule has 2 N–H and O–H groups in total. The highest BCUT2D eigenvalue weighted by molar-refractivity contribution is 7.89. The van der Waals surface area contributed by atoms with E-state index in [9.17, 15) is 18.0 Å². The summed E-state index contributed by atoms with van der Waals surface area (Å²) in [6.45, 7) is 7.99. The molecule has 18 heteroatoms. The van der Waals surface area contributed by atoms with Gasteiger partial charge in [-0.05, 0) is 230 Å². The number of amides is 2. The van der Waals surface area contributed by atoms with Crippen LogP contribution < -0.4 is 5.14 Å². The highest BCUT2D eigenvalue weighted by Crippen LogP contribution is 2.48. The first kappa shape index (κ1) is 61.1. The molecule has 13 rings (SSSR count). The lowest BCUT2D eigenvalue weighted by atomic mass is 9.70. The number of likely N-dealkylation sites (tertiary alicyclic amines) is 2. The first-order chi connectivity index (χ1) is 42.4. The van der Waals surface area contributed by atoms with E-state index in [1.807, 2.05) is 28.0 Å². The Morgan fingerprint density at radius 3 is 1.41 bits per heavy atom. The van der Waals surface area contributed by atoms with Crippen molar-refractivity contribution in [1.82, 2.24) is 38.7 Å². The number of carbonyl (C=O) groups is 2. The highest BCUT2D eigenvalue weighted by Gasteiger charge is 2.47. The molecule has 6 aliphatic heterocycles. The van der Waals surface area contributed by atoms with Gasteiger partial charge in [-0.1, -0.05) is 60.7 Å². The third-order valence-electron chi connectivity index (χ3n) is 21.9. The maximum absolute atomic E-state index is 15.0. The molecule has 6 unspecified atom stereocenters. The lowest BCUT2D eigenvalue weighted by Crippen LogP contribution is -2.50. The molecule has 6 fully saturated rings. The first-order valence-corrected chi connectivity index (χ1v) is 34.8. The standard InChI is InChI=1S/C70H83Cl2F2N9O4S/c1-46-76-62-13-3-5-15-64(62)82(46)58-42-54-20-21-55(43-58)80(54)37-31-69(50-9-7-11-52(73)40-50)27-33-78(34-28-69)67(84)60(71)24-17-48-18-26-66(88(75,86)87)49(39-48)19-25-61(72)68(85)79-35-29-70(30-36-79,51-10-8-12-53(74)41-51)32-38-81-56-22-23-57(81)45-59(44-56)83-47(2)77-63-14-4-6-16-65(63)83/h3-16,18,26,39-41,54-61H,17,19-25,27-38,42-45H2,1-2H3,(H2,75,86,87). The van der Waals surface area contributed by atoms with Crippen molar-refractivity contribution in [1.29, 1.82) is 0 Å². The lowest BCUT2D eigenvalue weighted by molar-refractivity contribution is -0.133. The Balaban J connectivity index is 0.609. The summed E-state index contributed by atoms with van der Waals surface area (Å²) in [4.78, 5) is 47.2. The van der Waals surface area contributed by atoms with E-state index in [4.69, 9.17) is 38.3 Å². The van der Waals surface area contributed by atoms with Crippen LogP contribution in [0.1, 0.15) is 149 Å². The summed E-state index contributed by atoms with van der Waals surface area (Å²) in [6.07, 6.45) is 14.5. The van der Waals surface area contributed by atoms with Gasteiger partial charge in [0.15, 0.2) is 0 Å². The highest BCUT2D eigenvalue weighted by atomic mass is 35.5. The number of fused-ring (bicyclic) bond motifs is 6. The number of benzene rings is 5. The molecule has 2 aromatic heterocycles. The molecule has 13 nitrogen and oxygen atoms in total. The summed E-state index contributed by atoms with van der Waals surface area (Å²) in [5.74, 6) is 1.25. The second-order valence-corrected chi connectivity index (χ2v) is 29.3. The summed E-state index contributed by atoms with van der Waals surface area (Å²) in [5.41, 5.74) is 7.06. The average Bonchev–Trinajstić information content (AvgIpc) is 3.63. The normalized spacial score (nSPS) is 24.5. The van der Waals surface area contributed by atoms with E-state index in [0.29, 0.717) is 107 Å². The smallest absolute Gasteiger partial charge is 0.240 e. The predicted molar refractivity (Wildman–Crippen MR) is 343 cm³/mol. The summed E-state index contributed by atoms with van der Waals surface area (Å²) in [5, 5.41) is 4.03. The number of hydrogen-bond acceptors (Lipinski definition) is 8. The van der Waals surface area contributed by atoms with E-state index in [0.717, 1.165) is 104 Å². The minimum absolute atomic E-state index is 0.0301. The van der Waals surface area contributed by atoms with Crippen molar-refractivity contribution in [3.05, 3.63) is 161 Å². The maximum Gasteiger partial charge on any atom is 0.240 e. The molecule has 2 amide bonds. The molecule has 0 spiro atoms. The second-order valence-electron chi connectivity index (χ2n) is 26.8. The van der Waals surface area contributed by atoms with Gasteiger partial charge in [0.1, 0.15) is 34.0 Å². The molecular weight excluding hydrogens is 1170 g/mol. The van der Waals surface area contributed by atoms with Crippen LogP contribution in [0.5, 0.6) is 0 Å². The molecule has 0 saturated carbocycles. The average molecular weight is 1260 g/mol. The minimum Gasteiger partial charge on any atom is -0.341 e. The van der Waals surface area contributed by atoms with Crippen LogP contribution in [0, 0.1) is 25.5 Å². The Morgan fingerprint density at radius 2 is 0.989 bits per heavy atom. The summed E-state index contributed by atoms with van der Waals surface area (Å²) < 4.78 is 60.9. The fraction of sp³-hybridized carbons (Fsp3) is 0.514. The molecule has 0 aliphatic carbocycles. The Kier molecular flexibility index (Phi) is 17.5. The number of para-hydroxylation sites is 4. The van der Waals surface area contributed by atoms with E-state index in [-0.39, 0.29) is 52.0 Å². The molecule has 4 bridgehead atoms. The molecule has 0 radical (unpaired) electrons. The third-order valence-corrected chi connectivity index (χ3v) is 23.8. The van der Waals surface area contributed by atoms with Crippen LogP contribution in [0.3, 0.4) is 0 Å². The number of carbonyl (C=O) groups excluding carboxylic acids is 2. The van der Waals surface area contributed by atoms with Crippen LogP contribution in [0.25, 0.3) is 22.1 Å². The molecule has 466 valence electrons. The molecular formula is C70H83Cl2F2N9O4S. The zero-order valence-corrected chi connectivity index (χ0v) is 53.1. The van der Waals surface area contributed by atoms with Gasteiger partial charge in [-0.15, -0.1) is 23.2 Å². The van der Waals surface area contributed by atoms with Gasteiger partial charge in [-0.25, -0.2) is 32.3 Å². The number of nitrogens with two attached hydrogens (primary N) is 1. The molecule has 6 saturated heterocycles. The summed E-state index contributed by atoms with van der Waals surface area (Å²) in [6, 6.07) is 38.5. The first-order valence-electron chi connectivity index (χ1n) is 32.3. The number of piperidine rings is 4. The lowest BCUT2D eigenvalue weighted by Gasteiger charge is -2.46. The number of halogens is 4. The fourth-order valence-electron chi connectivity index (χ4n) is 17.4. The van der Waals surface area contributed by atoms with Crippen molar-refractivity contribution in [3.8, 4) is 0 Å². The van der Waals surface area contributed by atoms with Crippen molar-refractivity contribution in [3.63, 3.8) is 0 Å². The molecule has 88 heavy (non-hydrogen) atoms. The van der Waals surface area contributed by atoms with Gasteiger partial charge in [-0.3, -0.25) is 19.4 Å². The predicted octanol–water partition coefficient (Wildman–Crippen LogP) is 12.6. The largest absolute Gasteiger partial charge is 0.341 e. The molecule has 6 atom stereocenters. The second kappa shape index (κ2) is 25.1. The number of nitrogens with zero attached hydrogens (tertiary/aromatic N) is 8. The topological polar surface area (TPSA) is 143 Å². The van der Waals surface area contributed by atoms with E-state index in [1.165, 1.54) is 42.1 Å². The van der Waals surface area contributed by atoms with Crippen LogP contribution in [-0.4, -0.2) is 133 Å². The number of rotatable bonds is 19. The summed E-state index contributed by atoms with van der Waals surface area (Å²) >= 11 is 14.0. The molecule has 6 aliphatic rings. The zero-order valence-electron chi connectivity index (χ0n) is 50.8. The van der Waals surface area contributed by atoms with Gasteiger partial charge >= 0.3 is 0 Å². The number of aromatic nitrogens is 4. The van der Waals surface area contributed by atoms with Crippen LogP contribution in [0.4, 0.5) is 8.78 Å². The third kappa shape index (κ3) is 12.2. The van der Waals surface area contributed by atoms with Crippen molar-refractivity contribution >= 4 is 67.1 Å². The minimum atomic E-state index is -4.13. The van der Waals surface area contributed by atoms with Gasteiger partial charge in [0.05, 0.1) is 27.0 Å². The fourth-order valence-corrected chi connectivity index (χ4v) is 18.7. The molecule has 7 aromatic rings. The molecule has 5 aromatic carbocycles. The monoisotopic (exact) mass is 1250 g/mol. The number of primary sulfonamides is 1. The molecule has 8 heterocycles. The van der Waals surface area contributed by atoms with Gasteiger partial charge in [0.2, 0.25) is 21.8 Å². The van der Waals surface area contributed by atoms with Crippen LogP contribution in [-0.2, 0) is 43.3 Å². The van der Waals surface area contributed by atoms with Crippen molar-refractivity contribution in [2.45, 2.75) is 192 Å². The summed E-state index contributed by atoms with van der Waals surface area (Å²) in [7, 11) is -4.13. The Labute approximate surface area is 527 Å². The van der Waals surface area contributed by atoms with E-state index in [1.54, 1.807) is 36.4 Å². The van der Waals surface area contributed by atoms with Gasteiger partial charge in [-0.2, -0.15) is 0 Å². The number of aryl methyl sites for hydroxylation is 4. The van der Waals surface area contributed by atoms with E-state index >= 15 is 8.78 Å². The zero-order chi connectivity index (χ0) is 61.1. The SMILES string of the molecule is Cc1nc2ccccc2n1C1CC2CCC(C1)N2CCC1(c2cccc(F)c2)CCN(C(=O)C(Cl)CCc2ccc(S(N)(=O)=O)c(CCC(Cl)C(=O)N3CCC(CCN4C5CCC4CC(n4c(C)nc6ccccc64)C5)(c4cccc(F)c4)CC3)c2)CC1. The van der Waals surface area contributed by atoms with Crippen molar-refractivity contribution in [2.75, 3.05) is 39.3 Å². The number of alkyl halides is 2. The Hall–Kier alpha value is -5.75. The quantitative estimate of drug-likeness (QED) is 0.0789. The van der Waals surface area contributed by atoms with Crippen LogP contribution in [0.15, 0.2) is 120 Å². The van der Waals surface area contributed by atoms with Gasteiger partial charge in [0.25, 0.3) is 0 Å². The maximum atomic E-state index is 15.0. The van der Waals surface area contributed by atoms with E-state index in [2.05, 4.69) is 75.2 Å². The van der Waals surface area contributed by atoms with Crippen molar-refractivity contribution < 1.29 is 26.8 Å². The Morgan fingerprint density at radius 1 is 0.568 bits per heavy atom. The van der Waals surface area contributed by atoms with Crippen LogP contribution in [0.2, 0.25) is 0 Å². The van der Waals surface area contributed by atoms with E-state index < -0.39 is 20.8 Å². The van der Waals surface area contributed by atoms with Crippen LogP contribution >= 0.6 is 23.2 Å². The number of imidazole rings is 2. The van der Waals surface area contributed by atoms with Crippen molar-refractivity contribution in [2.24, 2.45) is 5.14 Å². The number of sulfonamides is 1. The van der Waals surface area contributed by atoms with Gasteiger partial charge in [0, 0.05) is 62.4 Å². The Bertz CT molecular complexity index is 3800. The van der Waals surface area contributed by atoms with Gasteiger partial charge < -0.3 is 18.9 Å². The number of hydrogen-bond donors (Lipinski definition) is 1.